The van der Waals surface area contributed by atoms with Crippen LogP contribution in [0.25, 0.3) is 0 Å². The second-order valence-corrected chi connectivity index (χ2v) is 3.16. The first-order chi connectivity index (χ1) is 7.06. The van der Waals surface area contributed by atoms with Crippen molar-refractivity contribution in [2.75, 3.05) is 26.7 Å². The summed E-state index contributed by atoms with van der Waals surface area (Å²) < 4.78 is 4.82. The molecule has 0 fully saturated rings. The molecule has 0 aromatic heterocycles. The third-order valence-corrected chi connectivity index (χ3v) is 2.25. The first-order valence-corrected chi connectivity index (χ1v) is 5.15. The van der Waals surface area contributed by atoms with E-state index in [1.165, 1.54) is 7.11 Å². The standard InChI is InChI=1S/C10H20N2O3/c1-5-12(6-2)9(13)7-11-10(14)8(3)15-4/h8H,5-7H2,1-4H3,(H,11,14). The zero-order valence-corrected chi connectivity index (χ0v) is 9.87. The minimum atomic E-state index is -0.519. The number of hydrogen-bond acceptors (Lipinski definition) is 3. The van der Waals surface area contributed by atoms with Gasteiger partial charge < -0.3 is 15.0 Å². The van der Waals surface area contributed by atoms with Crippen molar-refractivity contribution in [3.8, 4) is 0 Å². The fourth-order valence-corrected chi connectivity index (χ4v) is 1.10. The van der Waals surface area contributed by atoms with Crippen molar-refractivity contribution in [3.05, 3.63) is 0 Å². The van der Waals surface area contributed by atoms with E-state index in [4.69, 9.17) is 4.74 Å². The average molecular weight is 216 g/mol. The molecule has 0 aliphatic rings. The van der Waals surface area contributed by atoms with E-state index in [1.807, 2.05) is 13.8 Å². The summed E-state index contributed by atoms with van der Waals surface area (Å²) in [5.41, 5.74) is 0. The number of carbonyl (C=O) groups excluding carboxylic acids is 2. The lowest BCUT2D eigenvalue weighted by atomic mass is 10.3. The van der Waals surface area contributed by atoms with Gasteiger partial charge >= 0.3 is 0 Å². The molecular formula is C10H20N2O3. The summed E-state index contributed by atoms with van der Waals surface area (Å²) in [6.45, 7) is 6.80. The van der Waals surface area contributed by atoms with Gasteiger partial charge in [-0.3, -0.25) is 9.59 Å². The van der Waals surface area contributed by atoms with E-state index < -0.39 is 6.10 Å². The molecule has 5 nitrogen and oxygen atoms in total. The molecule has 0 heterocycles. The van der Waals surface area contributed by atoms with Gasteiger partial charge in [-0.25, -0.2) is 0 Å². The Morgan fingerprint density at radius 3 is 2.27 bits per heavy atom. The van der Waals surface area contributed by atoms with E-state index in [0.29, 0.717) is 13.1 Å². The SMILES string of the molecule is CCN(CC)C(=O)CNC(=O)C(C)OC. The topological polar surface area (TPSA) is 58.6 Å². The van der Waals surface area contributed by atoms with Crippen molar-refractivity contribution in [2.45, 2.75) is 26.9 Å². The molecule has 15 heavy (non-hydrogen) atoms. The number of methoxy groups -OCH3 is 1. The Balaban J connectivity index is 3.94. The van der Waals surface area contributed by atoms with Crippen LogP contribution in [0, 0.1) is 0 Å². The van der Waals surface area contributed by atoms with Gasteiger partial charge in [0.2, 0.25) is 11.8 Å². The van der Waals surface area contributed by atoms with E-state index in [0.717, 1.165) is 0 Å². The summed E-state index contributed by atoms with van der Waals surface area (Å²) in [6, 6.07) is 0. The lowest BCUT2D eigenvalue weighted by Gasteiger charge is -2.19. The predicted octanol–water partition coefficient (Wildman–Crippen LogP) is 0.00590. The maximum Gasteiger partial charge on any atom is 0.249 e. The molecule has 0 bridgehead atoms. The fourth-order valence-electron chi connectivity index (χ4n) is 1.10. The van der Waals surface area contributed by atoms with Gasteiger partial charge in [0.25, 0.3) is 0 Å². The third kappa shape index (κ3) is 4.78. The molecule has 0 saturated heterocycles. The monoisotopic (exact) mass is 216 g/mol. The van der Waals surface area contributed by atoms with Crippen molar-refractivity contribution < 1.29 is 14.3 Å². The van der Waals surface area contributed by atoms with Crippen LogP contribution in [0.15, 0.2) is 0 Å². The Labute approximate surface area is 90.8 Å². The molecule has 1 atom stereocenters. The highest BCUT2D eigenvalue weighted by atomic mass is 16.5. The summed E-state index contributed by atoms with van der Waals surface area (Å²) in [4.78, 5) is 24.4. The predicted molar refractivity (Wildman–Crippen MR) is 57.4 cm³/mol. The largest absolute Gasteiger partial charge is 0.372 e. The number of nitrogens with one attached hydrogen (secondary N) is 1. The number of ether oxygens (including phenoxy) is 1. The van der Waals surface area contributed by atoms with Crippen molar-refractivity contribution >= 4 is 11.8 Å². The van der Waals surface area contributed by atoms with E-state index >= 15 is 0 Å². The smallest absolute Gasteiger partial charge is 0.249 e. The zero-order chi connectivity index (χ0) is 11.8. The van der Waals surface area contributed by atoms with Gasteiger partial charge in [0.15, 0.2) is 0 Å². The molecule has 0 aromatic rings. The van der Waals surface area contributed by atoms with Crippen LogP contribution in [0.2, 0.25) is 0 Å². The number of likely N-dealkylation sites (N-methyl/N-ethyl adjacent to an activating group) is 1. The molecule has 0 aliphatic heterocycles. The zero-order valence-electron chi connectivity index (χ0n) is 9.87. The molecule has 1 N–H and O–H groups in total. The maximum atomic E-state index is 11.5. The van der Waals surface area contributed by atoms with Crippen molar-refractivity contribution in [1.82, 2.24) is 10.2 Å². The molecule has 88 valence electrons. The maximum absolute atomic E-state index is 11.5. The van der Waals surface area contributed by atoms with Crippen LogP contribution < -0.4 is 5.32 Å². The molecule has 0 spiro atoms. The second kappa shape index (κ2) is 7.23. The van der Waals surface area contributed by atoms with E-state index in [-0.39, 0.29) is 18.4 Å². The van der Waals surface area contributed by atoms with Crippen molar-refractivity contribution in [2.24, 2.45) is 0 Å². The van der Waals surface area contributed by atoms with Gasteiger partial charge in [-0.1, -0.05) is 0 Å². The lowest BCUT2D eigenvalue weighted by molar-refractivity contribution is -0.135. The van der Waals surface area contributed by atoms with Gasteiger partial charge in [-0.15, -0.1) is 0 Å². The second-order valence-electron chi connectivity index (χ2n) is 3.16. The van der Waals surface area contributed by atoms with Crippen LogP contribution >= 0.6 is 0 Å². The minimum Gasteiger partial charge on any atom is -0.372 e. The number of carbonyl (C=O) groups is 2. The lowest BCUT2D eigenvalue weighted by Crippen LogP contribution is -2.43. The Hall–Kier alpha value is -1.10. The first-order valence-electron chi connectivity index (χ1n) is 5.15. The minimum absolute atomic E-state index is 0.0359. The van der Waals surface area contributed by atoms with Gasteiger partial charge in [0, 0.05) is 20.2 Å². The highest BCUT2D eigenvalue weighted by Crippen LogP contribution is 1.90. The van der Waals surface area contributed by atoms with Crippen molar-refractivity contribution in [3.63, 3.8) is 0 Å². The van der Waals surface area contributed by atoms with Crippen LogP contribution in [-0.2, 0) is 14.3 Å². The first kappa shape index (κ1) is 13.9. The number of amides is 2. The van der Waals surface area contributed by atoms with E-state index in [1.54, 1.807) is 11.8 Å². The molecule has 2 amide bonds. The summed E-state index contributed by atoms with van der Waals surface area (Å²) in [7, 11) is 1.45. The van der Waals surface area contributed by atoms with E-state index in [2.05, 4.69) is 5.32 Å². The van der Waals surface area contributed by atoms with Crippen LogP contribution in [-0.4, -0.2) is 49.6 Å². The highest BCUT2D eigenvalue weighted by Gasteiger charge is 2.14. The van der Waals surface area contributed by atoms with Gasteiger partial charge in [-0.2, -0.15) is 0 Å². The molecule has 5 heteroatoms. The third-order valence-electron chi connectivity index (χ3n) is 2.25. The normalized spacial score (nSPS) is 12.0. The van der Waals surface area contributed by atoms with Crippen LogP contribution in [0.1, 0.15) is 20.8 Å². The van der Waals surface area contributed by atoms with Crippen molar-refractivity contribution in [1.29, 1.82) is 0 Å². The van der Waals surface area contributed by atoms with Gasteiger partial charge in [-0.05, 0) is 20.8 Å². The Morgan fingerprint density at radius 2 is 1.87 bits per heavy atom. The molecule has 1 unspecified atom stereocenters. The Morgan fingerprint density at radius 1 is 1.33 bits per heavy atom. The summed E-state index contributed by atoms with van der Waals surface area (Å²) in [6.07, 6.45) is -0.519. The molecule has 0 saturated carbocycles. The molecule has 0 radical (unpaired) electrons. The number of hydrogen-bond donors (Lipinski definition) is 1. The number of rotatable bonds is 6. The summed E-state index contributed by atoms with van der Waals surface area (Å²) in [5, 5.41) is 2.53. The van der Waals surface area contributed by atoms with E-state index in [9.17, 15) is 9.59 Å². The average Bonchev–Trinajstić information content (AvgIpc) is 2.26. The van der Waals surface area contributed by atoms with Crippen LogP contribution in [0.3, 0.4) is 0 Å². The Kier molecular flexibility index (Phi) is 6.70. The molecular weight excluding hydrogens is 196 g/mol. The molecule has 0 aliphatic carbocycles. The fraction of sp³-hybridized carbons (Fsp3) is 0.800. The summed E-state index contributed by atoms with van der Waals surface area (Å²) >= 11 is 0. The summed E-state index contributed by atoms with van der Waals surface area (Å²) in [5.74, 6) is -0.338. The van der Waals surface area contributed by atoms with Gasteiger partial charge in [0.1, 0.15) is 6.10 Å². The van der Waals surface area contributed by atoms with Gasteiger partial charge in [0.05, 0.1) is 6.54 Å². The molecule has 0 aromatic carbocycles. The Bertz CT molecular complexity index is 215. The highest BCUT2D eigenvalue weighted by molar-refractivity contribution is 5.86. The number of nitrogens with zero attached hydrogens (tertiary/aromatic N) is 1. The quantitative estimate of drug-likeness (QED) is 0.680. The van der Waals surface area contributed by atoms with Crippen LogP contribution in [0.4, 0.5) is 0 Å². The molecule has 0 rings (SSSR count). The van der Waals surface area contributed by atoms with Crippen LogP contribution in [0.5, 0.6) is 0 Å².